The van der Waals surface area contributed by atoms with Gasteiger partial charge >= 0.3 is 0 Å². The van der Waals surface area contributed by atoms with Gasteiger partial charge in [-0.3, -0.25) is 9.59 Å². The van der Waals surface area contributed by atoms with E-state index in [1.165, 1.54) is 0 Å². The Morgan fingerprint density at radius 2 is 2.03 bits per heavy atom. The second kappa shape index (κ2) is 8.66. The number of rotatable bonds is 8. The van der Waals surface area contributed by atoms with Gasteiger partial charge in [-0.1, -0.05) is 24.3 Å². The number of aliphatic hydroxyl groups excluding tert-OH is 1. The van der Waals surface area contributed by atoms with E-state index in [0.717, 1.165) is 41.7 Å². The van der Waals surface area contributed by atoms with E-state index in [1.54, 1.807) is 0 Å². The fourth-order valence-corrected chi connectivity index (χ4v) is 3.67. The fourth-order valence-electron chi connectivity index (χ4n) is 3.67. The molecule has 2 heterocycles. The number of ether oxygens (including phenoxy) is 1. The van der Waals surface area contributed by atoms with Crippen LogP contribution in [0.15, 0.2) is 47.3 Å². The number of H-pyrrole nitrogens is 1. The second-order valence-electron chi connectivity index (χ2n) is 7.68. The van der Waals surface area contributed by atoms with Crippen molar-refractivity contribution in [2.75, 3.05) is 13.2 Å². The molecule has 0 unspecified atom stereocenters. The topological polar surface area (TPSA) is 91.4 Å². The van der Waals surface area contributed by atoms with Crippen molar-refractivity contribution < 1.29 is 14.6 Å². The first-order valence-corrected chi connectivity index (χ1v) is 10.2. The Kier molecular flexibility index (Phi) is 5.81. The Morgan fingerprint density at radius 1 is 1.17 bits per heavy atom. The van der Waals surface area contributed by atoms with E-state index in [2.05, 4.69) is 10.3 Å². The largest absolute Gasteiger partial charge is 0.493 e. The summed E-state index contributed by atoms with van der Waals surface area (Å²) in [5.74, 6) is 1.14. The molecule has 1 aliphatic heterocycles. The average molecular weight is 394 g/mol. The minimum Gasteiger partial charge on any atom is -0.493 e. The number of carbonyl (C=O) groups excluding carboxylic acids is 1. The van der Waals surface area contributed by atoms with Gasteiger partial charge in [0, 0.05) is 42.3 Å². The van der Waals surface area contributed by atoms with Gasteiger partial charge in [0.2, 0.25) is 5.91 Å². The molecule has 152 valence electrons. The first-order valence-electron chi connectivity index (χ1n) is 10.2. The van der Waals surface area contributed by atoms with Crippen molar-refractivity contribution in [3.8, 4) is 5.75 Å². The predicted octanol–water partition coefficient (Wildman–Crippen LogP) is 2.72. The van der Waals surface area contributed by atoms with Crippen LogP contribution in [-0.4, -0.2) is 35.3 Å². The summed E-state index contributed by atoms with van der Waals surface area (Å²) >= 11 is 0. The van der Waals surface area contributed by atoms with E-state index in [1.807, 2.05) is 42.5 Å². The van der Waals surface area contributed by atoms with Gasteiger partial charge in [0.25, 0.3) is 5.56 Å². The molecule has 1 saturated heterocycles. The van der Waals surface area contributed by atoms with E-state index in [9.17, 15) is 9.59 Å². The lowest BCUT2D eigenvalue weighted by Crippen LogP contribution is -2.23. The number of aliphatic hydroxyl groups is 1. The van der Waals surface area contributed by atoms with Crippen molar-refractivity contribution in [1.29, 1.82) is 0 Å². The van der Waals surface area contributed by atoms with Crippen LogP contribution < -0.4 is 15.6 Å². The van der Waals surface area contributed by atoms with Gasteiger partial charge in [-0.15, -0.1) is 0 Å². The van der Waals surface area contributed by atoms with Crippen LogP contribution in [0.4, 0.5) is 0 Å². The summed E-state index contributed by atoms with van der Waals surface area (Å²) in [5, 5.41) is 11.9. The van der Waals surface area contributed by atoms with E-state index < -0.39 is 0 Å². The number of benzene rings is 1. The molecule has 1 saturated carbocycles. The van der Waals surface area contributed by atoms with Gasteiger partial charge < -0.3 is 20.1 Å². The van der Waals surface area contributed by atoms with Crippen molar-refractivity contribution in [3.63, 3.8) is 0 Å². The maximum Gasteiger partial charge on any atom is 0.251 e. The monoisotopic (exact) mass is 394 g/mol. The van der Waals surface area contributed by atoms with Gasteiger partial charge in [0.05, 0.1) is 6.61 Å². The van der Waals surface area contributed by atoms with E-state index in [4.69, 9.17) is 9.84 Å². The normalized spacial score (nSPS) is 19.3. The van der Waals surface area contributed by atoms with E-state index in [-0.39, 0.29) is 24.1 Å². The van der Waals surface area contributed by atoms with Crippen molar-refractivity contribution in [2.45, 2.75) is 44.1 Å². The third kappa shape index (κ3) is 4.77. The Labute approximate surface area is 169 Å². The number of amides is 1. The first kappa shape index (κ1) is 19.5. The van der Waals surface area contributed by atoms with Gasteiger partial charge in [-0.25, -0.2) is 0 Å². The van der Waals surface area contributed by atoms with Crippen molar-refractivity contribution in [1.82, 2.24) is 10.3 Å². The zero-order chi connectivity index (χ0) is 20.2. The van der Waals surface area contributed by atoms with Crippen molar-refractivity contribution in [3.05, 3.63) is 69.6 Å². The quantitative estimate of drug-likeness (QED) is 0.601. The summed E-state index contributed by atoms with van der Waals surface area (Å²) in [7, 11) is 0. The maximum atomic E-state index is 12.6. The minimum absolute atomic E-state index is 0.0401. The molecular formula is C23H26N2O4. The second-order valence-corrected chi connectivity index (χ2v) is 7.68. The third-order valence-electron chi connectivity index (χ3n) is 5.36. The fraction of sp³-hybridized carbons (Fsp3) is 0.391. The summed E-state index contributed by atoms with van der Waals surface area (Å²) in [6.45, 7) is 0.519. The number of hydrogen-bond donors (Lipinski definition) is 3. The number of nitrogens with one attached hydrogen (secondary N) is 2. The molecule has 0 radical (unpaired) electrons. The Hall–Kier alpha value is -2.86. The molecule has 1 amide bonds. The highest BCUT2D eigenvalue weighted by Crippen LogP contribution is 2.38. The van der Waals surface area contributed by atoms with Crippen LogP contribution >= 0.6 is 0 Å². The lowest BCUT2D eigenvalue weighted by atomic mass is 9.98. The van der Waals surface area contributed by atoms with Gasteiger partial charge in [0.15, 0.2) is 0 Å². The molecule has 29 heavy (non-hydrogen) atoms. The summed E-state index contributed by atoms with van der Waals surface area (Å²) in [6.07, 6.45) is 5.98. The highest BCUT2D eigenvalue weighted by Gasteiger charge is 2.26. The zero-order valence-electron chi connectivity index (χ0n) is 16.3. The summed E-state index contributed by atoms with van der Waals surface area (Å²) < 4.78 is 5.71. The number of aromatic amines is 1. The molecule has 6 heteroatoms. The molecule has 4 rings (SSSR count). The van der Waals surface area contributed by atoms with Crippen LogP contribution in [0.3, 0.4) is 0 Å². The maximum absolute atomic E-state index is 12.6. The van der Waals surface area contributed by atoms with Crippen LogP contribution in [-0.2, 0) is 4.79 Å². The molecular weight excluding hydrogens is 368 g/mol. The van der Waals surface area contributed by atoms with Gasteiger partial charge in [-0.2, -0.15) is 0 Å². The Morgan fingerprint density at radius 3 is 2.72 bits per heavy atom. The SMILES string of the molecule is O=C1CC[C@H](C=C(c2cccc(OCCCO)c2)c2ccc(C3CC3)c(=O)[nH]2)N1. The lowest BCUT2D eigenvalue weighted by Gasteiger charge is -2.14. The molecule has 2 aliphatic rings. The zero-order valence-corrected chi connectivity index (χ0v) is 16.3. The molecule has 0 bridgehead atoms. The molecule has 6 nitrogen and oxygen atoms in total. The van der Waals surface area contributed by atoms with Crippen LogP contribution in [0.1, 0.15) is 54.8 Å². The van der Waals surface area contributed by atoms with Crippen LogP contribution in [0.25, 0.3) is 5.57 Å². The van der Waals surface area contributed by atoms with E-state index >= 15 is 0 Å². The van der Waals surface area contributed by atoms with Crippen molar-refractivity contribution >= 4 is 11.5 Å². The molecule has 0 spiro atoms. The molecule has 2 fully saturated rings. The molecule has 1 aromatic heterocycles. The molecule has 1 aliphatic carbocycles. The number of aromatic nitrogens is 1. The Bertz CT molecular complexity index is 975. The summed E-state index contributed by atoms with van der Waals surface area (Å²) in [6, 6.07) is 11.5. The van der Waals surface area contributed by atoms with Gasteiger partial charge in [-0.05, 0) is 48.9 Å². The summed E-state index contributed by atoms with van der Waals surface area (Å²) in [4.78, 5) is 27.3. The Balaban J connectivity index is 1.68. The molecule has 1 atom stereocenters. The first-order chi connectivity index (χ1) is 14.1. The van der Waals surface area contributed by atoms with Crippen LogP contribution in [0.2, 0.25) is 0 Å². The van der Waals surface area contributed by atoms with E-state index in [0.29, 0.717) is 31.1 Å². The third-order valence-corrected chi connectivity index (χ3v) is 5.36. The standard InChI is InChI=1S/C23H26N2O4/c26-11-2-12-29-18-4-1-3-16(13-18)20(14-17-7-10-22(27)24-17)21-9-8-19(15-5-6-15)23(28)25-21/h1,3-4,8-9,13-15,17,26H,2,5-7,10-12H2,(H,24,27)(H,25,28)/t17-/m1/s1. The molecule has 2 aromatic rings. The van der Waals surface area contributed by atoms with Crippen molar-refractivity contribution in [2.24, 2.45) is 0 Å². The van der Waals surface area contributed by atoms with Gasteiger partial charge in [0.1, 0.15) is 5.75 Å². The lowest BCUT2D eigenvalue weighted by molar-refractivity contribution is -0.119. The predicted molar refractivity (Wildman–Crippen MR) is 111 cm³/mol. The average Bonchev–Trinajstić information content (AvgIpc) is 3.48. The smallest absolute Gasteiger partial charge is 0.251 e. The summed E-state index contributed by atoms with van der Waals surface area (Å²) in [5.41, 5.74) is 3.31. The molecule has 1 aromatic carbocycles. The highest BCUT2D eigenvalue weighted by atomic mass is 16.5. The minimum atomic E-state index is -0.0666. The highest BCUT2D eigenvalue weighted by molar-refractivity contribution is 5.82. The molecule has 3 N–H and O–H groups in total. The van der Waals surface area contributed by atoms with Crippen LogP contribution in [0, 0.1) is 0 Å². The number of hydrogen-bond acceptors (Lipinski definition) is 4. The number of pyridine rings is 1. The number of carbonyl (C=O) groups is 1. The van der Waals surface area contributed by atoms with Crippen LogP contribution in [0.5, 0.6) is 5.75 Å².